The lowest BCUT2D eigenvalue weighted by atomic mass is 10.1. The van der Waals surface area contributed by atoms with E-state index < -0.39 is 6.10 Å². The highest BCUT2D eigenvalue weighted by Gasteiger charge is 2.10. The van der Waals surface area contributed by atoms with Gasteiger partial charge in [0, 0.05) is 7.11 Å². The van der Waals surface area contributed by atoms with Crippen LogP contribution in [-0.4, -0.2) is 39.1 Å². The van der Waals surface area contributed by atoms with Crippen LogP contribution in [0.25, 0.3) is 0 Å². The molecule has 0 fully saturated rings. The molecule has 1 atom stereocenters. The smallest absolute Gasteiger partial charge is 0.137 e. The average Bonchev–Trinajstić information content (AvgIpc) is 2.35. The van der Waals surface area contributed by atoms with E-state index in [1.54, 1.807) is 25.3 Å². The van der Waals surface area contributed by atoms with Gasteiger partial charge < -0.3 is 19.3 Å². The van der Waals surface area contributed by atoms with Crippen molar-refractivity contribution in [1.29, 1.82) is 0 Å². The zero-order valence-electron chi connectivity index (χ0n) is 9.98. The van der Waals surface area contributed by atoms with E-state index in [2.05, 4.69) is 0 Å². The van der Waals surface area contributed by atoms with Crippen molar-refractivity contribution in [1.82, 2.24) is 0 Å². The first-order valence-electron chi connectivity index (χ1n) is 5.27. The first-order chi connectivity index (χ1) is 8.19. The predicted octanol–water partition coefficient (Wildman–Crippen LogP) is 2.04. The van der Waals surface area contributed by atoms with E-state index in [-0.39, 0.29) is 6.61 Å². The molecule has 0 aliphatic rings. The lowest BCUT2D eigenvalue weighted by Crippen LogP contribution is -2.10. The van der Waals surface area contributed by atoms with E-state index in [9.17, 15) is 5.11 Å². The van der Waals surface area contributed by atoms with Gasteiger partial charge in [0.1, 0.15) is 11.9 Å². The molecule has 0 saturated carbocycles. The minimum absolute atomic E-state index is 0.216. The molecule has 1 rings (SSSR count). The highest BCUT2D eigenvalue weighted by molar-refractivity contribution is 6.32. The third-order valence-corrected chi connectivity index (χ3v) is 2.58. The van der Waals surface area contributed by atoms with Crippen molar-refractivity contribution in [3.63, 3.8) is 0 Å². The quantitative estimate of drug-likeness (QED) is 0.763. The van der Waals surface area contributed by atoms with E-state index in [4.69, 9.17) is 25.8 Å². The molecule has 1 unspecified atom stereocenters. The van der Waals surface area contributed by atoms with Gasteiger partial charge in [0.25, 0.3) is 0 Å². The van der Waals surface area contributed by atoms with Crippen molar-refractivity contribution in [2.24, 2.45) is 0 Å². The molecule has 0 radical (unpaired) electrons. The zero-order valence-corrected chi connectivity index (χ0v) is 10.7. The van der Waals surface area contributed by atoms with Gasteiger partial charge >= 0.3 is 0 Å². The minimum atomic E-state index is -0.696. The fourth-order valence-electron chi connectivity index (χ4n) is 1.32. The SMILES string of the molecule is COCCOCC(O)c1ccc(Cl)c(OC)c1. The van der Waals surface area contributed by atoms with Crippen molar-refractivity contribution >= 4 is 11.6 Å². The fraction of sp³-hybridized carbons (Fsp3) is 0.500. The molecule has 0 amide bonds. The van der Waals surface area contributed by atoms with Gasteiger partial charge in [-0.05, 0) is 17.7 Å². The van der Waals surface area contributed by atoms with E-state index in [1.807, 2.05) is 0 Å². The lowest BCUT2D eigenvalue weighted by Gasteiger charge is -2.13. The number of hydrogen-bond donors (Lipinski definition) is 1. The molecule has 0 heterocycles. The molecular weight excluding hydrogens is 244 g/mol. The van der Waals surface area contributed by atoms with Gasteiger partial charge in [0.2, 0.25) is 0 Å². The topological polar surface area (TPSA) is 47.9 Å². The summed E-state index contributed by atoms with van der Waals surface area (Å²) >= 11 is 5.89. The summed E-state index contributed by atoms with van der Waals surface area (Å²) in [6, 6.07) is 5.13. The Labute approximate surface area is 106 Å². The summed E-state index contributed by atoms with van der Waals surface area (Å²) < 4.78 is 15.2. The summed E-state index contributed by atoms with van der Waals surface area (Å²) in [6.45, 7) is 1.18. The normalized spacial score (nSPS) is 12.5. The molecule has 1 aromatic carbocycles. The Morgan fingerprint density at radius 3 is 2.71 bits per heavy atom. The maximum atomic E-state index is 9.87. The van der Waals surface area contributed by atoms with E-state index in [1.165, 1.54) is 7.11 Å². The Morgan fingerprint density at radius 2 is 2.06 bits per heavy atom. The second-order valence-corrected chi connectivity index (χ2v) is 3.88. The average molecular weight is 261 g/mol. The number of benzene rings is 1. The Balaban J connectivity index is 2.53. The molecule has 17 heavy (non-hydrogen) atoms. The van der Waals surface area contributed by atoms with Gasteiger partial charge in [-0.1, -0.05) is 17.7 Å². The van der Waals surface area contributed by atoms with Gasteiger partial charge in [-0.25, -0.2) is 0 Å². The van der Waals surface area contributed by atoms with Crippen molar-refractivity contribution < 1.29 is 19.3 Å². The van der Waals surface area contributed by atoms with Crippen molar-refractivity contribution in [3.8, 4) is 5.75 Å². The largest absolute Gasteiger partial charge is 0.495 e. The summed E-state index contributed by atoms with van der Waals surface area (Å²) in [5.74, 6) is 0.542. The monoisotopic (exact) mass is 260 g/mol. The van der Waals surface area contributed by atoms with Crippen molar-refractivity contribution in [2.45, 2.75) is 6.10 Å². The van der Waals surface area contributed by atoms with Crippen LogP contribution in [0.15, 0.2) is 18.2 Å². The van der Waals surface area contributed by atoms with Crippen LogP contribution in [0.1, 0.15) is 11.7 Å². The Bertz CT molecular complexity index is 343. The summed E-state index contributed by atoms with van der Waals surface area (Å²) in [5.41, 5.74) is 0.712. The number of halogens is 1. The minimum Gasteiger partial charge on any atom is -0.495 e. The van der Waals surface area contributed by atoms with Crippen LogP contribution in [0, 0.1) is 0 Å². The lowest BCUT2D eigenvalue weighted by molar-refractivity contribution is 0.0125. The summed E-state index contributed by atoms with van der Waals surface area (Å²) in [7, 11) is 3.14. The molecule has 96 valence electrons. The maximum Gasteiger partial charge on any atom is 0.137 e. The zero-order chi connectivity index (χ0) is 12.7. The second-order valence-electron chi connectivity index (χ2n) is 3.48. The first-order valence-corrected chi connectivity index (χ1v) is 5.65. The number of aliphatic hydroxyl groups excluding tert-OH is 1. The molecule has 1 N–H and O–H groups in total. The summed E-state index contributed by atoms with van der Waals surface area (Å²) in [6.07, 6.45) is -0.696. The predicted molar refractivity (Wildman–Crippen MR) is 65.7 cm³/mol. The molecule has 0 saturated heterocycles. The number of rotatable bonds is 7. The standard InChI is InChI=1S/C12H17ClO4/c1-15-5-6-17-8-11(14)9-3-4-10(13)12(7-9)16-2/h3-4,7,11,14H,5-6,8H2,1-2H3. The van der Waals surface area contributed by atoms with Gasteiger partial charge in [0.15, 0.2) is 0 Å². The van der Waals surface area contributed by atoms with Crippen molar-refractivity contribution in [2.75, 3.05) is 34.0 Å². The molecular formula is C12H17ClO4. The molecule has 0 aliphatic heterocycles. The molecule has 0 spiro atoms. The second kappa shape index (κ2) is 7.50. The maximum absolute atomic E-state index is 9.87. The van der Waals surface area contributed by atoms with Crippen LogP contribution in [-0.2, 0) is 9.47 Å². The summed E-state index contributed by atoms with van der Waals surface area (Å²) in [5, 5.41) is 10.4. The molecule has 4 nitrogen and oxygen atoms in total. The molecule has 1 aromatic rings. The van der Waals surface area contributed by atoms with Gasteiger partial charge in [-0.3, -0.25) is 0 Å². The summed E-state index contributed by atoms with van der Waals surface area (Å²) in [4.78, 5) is 0. The number of hydrogen-bond acceptors (Lipinski definition) is 4. The Kier molecular flexibility index (Phi) is 6.29. The van der Waals surface area contributed by atoms with Gasteiger partial charge in [-0.15, -0.1) is 0 Å². The highest BCUT2D eigenvalue weighted by Crippen LogP contribution is 2.27. The van der Waals surface area contributed by atoms with E-state index in [0.29, 0.717) is 29.5 Å². The molecule has 0 bridgehead atoms. The number of ether oxygens (including phenoxy) is 3. The third-order valence-electron chi connectivity index (χ3n) is 2.27. The first kappa shape index (κ1) is 14.3. The Morgan fingerprint density at radius 1 is 1.29 bits per heavy atom. The van der Waals surface area contributed by atoms with Gasteiger partial charge in [0.05, 0.1) is 32.0 Å². The van der Waals surface area contributed by atoms with Crippen LogP contribution in [0.5, 0.6) is 5.75 Å². The van der Waals surface area contributed by atoms with Gasteiger partial charge in [-0.2, -0.15) is 0 Å². The van der Waals surface area contributed by atoms with Crippen LogP contribution in [0.2, 0.25) is 5.02 Å². The molecule has 0 aliphatic carbocycles. The van der Waals surface area contributed by atoms with Crippen LogP contribution in [0.4, 0.5) is 0 Å². The number of aliphatic hydroxyl groups is 1. The van der Waals surface area contributed by atoms with Crippen LogP contribution in [0.3, 0.4) is 0 Å². The van der Waals surface area contributed by atoms with Crippen LogP contribution < -0.4 is 4.74 Å². The number of methoxy groups -OCH3 is 2. The molecule has 5 heteroatoms. The van der Waals surface area contributed by atoms with Crippen LogP contribution >= 0.6 is 11.6 Å². The van der Waals surface area contributed by atoms with Crippen molar-refractivity contribution in [3.05, 3.63) is 28.8 Å². The molecule has 0 aromatic heterocycles. The van der Waals surface area contributed by atoms with E-state index >= 15 is 0 Å². The fourth-order valence-corrected chi connectivity index (χ4v) is 1.51. The third kappa shape index (κ3) is 4.52. The Hall–Kier alpha value is -0.810. The highest BCUT2D eigenvalue weighted by atomic mass is 35.5. The van der Waals surface area contributed by atoms with E-state index in [0.717, 1.165) is 0 Å².